The monoisotopic (exact) mass is 360 g/mol. The maximum Gasteiger partial charge on any atom is 0.437 e. The van der Waals surface area contributed by atoms with Crippen LogP contribution >= 0.6 is 11.9 Å². The lowest BCUT2D eigenvalue weighted by Crippen LogP contribution is -2.58. The van der Waals surface area contributed by atoms with Crippen molar-refractivity contribution in [2.75, 3.05) is 20.1 Å². The summed E-state index contributed by atoms with van der Waals surface area (Å²) in [6.07, 6.45) is -1.34. The van der Waals surface area contributed by atoms with Gasteiger partial charge < -0.3 is 14.4 Å². The molecule has 0 aromatic carbocycles. The third-order valence-corrected chi connectivity index (χ3v) is 3.56. The summed E-state index contributed by atoms with van der Waals surface area (Å²) in [6.45, 7) is 11.8. The Morgan fingerprint density at radius 2 is 1.62 bits per heavy atom. The van der Waals surface area contributed by atoms with Crippen molar-refractivity contribution >= 4 is 30.1 Å². The van der Waals surface area contributed by atoms with E-state index in [0.29, 0.717) is 13.1 Å². The van der Waals surface area contributed by atoms with Crippen LogP contribution in [0.5, 0.6) is 0 Å². The van der Waals surface area contributed by atoms with Gasteiger partial charge in [0.2, 0.25) is 5.96 Å². The second kappa shape index (κ2) is 7.60. The molecule has 24 heavy (non-hydrogen) atoms. The number of hydrogen-bond donors (Lipinski definition) is 1. The average molecular weight is 360 g/mol. The van der Waals surface area contributed by atoms with Crippen LogP contribution in [0.1, 0.15) is 41.5 Å². The van der Waals surface area contributed by atoms with Crippen LogP contribution < -0.4 is 5.14 Å². The molecule has 1 saturated heterocycles. The number of likely N-dealkylation sites (tertiary alicyclic amines) is 1. The van der Waals surface area contributed by atoms with Crippen molar-refractivity contribution in [1.29, 1.82) is 0 Å². The fraction of sp³-hybridized carbons (Fsp3) is 0.800. The molecule has 1 rings (SSSR count). The molecule has 2 amide bonds. The maximum absolute atomic E-state index is 12.3. The Morgan fingerprint density at radius 1 is 1.12 bits per heavy atom. The zero-order valence-corrected chi connectivity index (χ0v) is 16.3. The SMILES string of the molecule is CN(C(=O)OC(C)(C)C)C(=NC(=O)OC(C)(C)C)N1CC(SN)C1. The second-order valence-electron chi connectivity index (χ2n) is 7.59. The van der Waals surface area contributed by atoms with Gasteiger partial charge in [0.1, 0.15) is 11.2 Å². The van der Waals surface area contributed by atoms with Crippen LogP contribution in [-0.4, -0.2) is 64.5 Å². The summed E-state index contributed by atoms with van der Waals surface area (Å²) in [7, 11) is 1.51. The quantitative estimate of drug-likeness (QED) is 0.436. The molecule has 0 radical (unpaired) electrons. The molecule has 1 aliphatic rings. The van der Waals surface area contributed by atoms with Gasteiger partial charge in [0.15, 0.2) is 0 Å². The van der Waals surface area contributed by atoms with Gasteiger partial charge in [-0.15, -0.1) is 4.99 Å². The van der Waals surface area contributed by atoms with E-state index in [1.165, 1.54) is 23.9 Å². The van der Waals surface area contributed by atoms with E-state index >= 15 is 0 Å². The Hall–Kier alpha value is -1.48. The second-order valence-corrected chi connectivity index (χ2v) is 8.53. The molecule has 0 spiro atoms. The Balaban J connectivity index is 2.93. The van der Waals surface area contributed by atoms with Gasteiger partial charge in [0, 0.05) is 20.1 Å². The molecule has 0 aromatic heterocycles. The molecule has 1 fully saturated rings. The Bertz CT molecular complexity index is 505. The predicted molar refractivity (Wildman–Crippen MR) is 94.8 cm³/mol. The van der Waals surface area contributed by atoms with Gasteiger partial charge in [-0.25, -0.2) is 9.59 Å². The standard InChI is InChI=1S/C15H28N4O4S/c1-14(2,3)22-12(20)17-11(19-8-10(9-19)24-16)18(7)13(21)23-15(4,5)6/h10H,8-9,16H2,1-7H3. The van der Waals surface area contributed by atoms with Crippen LogP contribution in [0.25, 0.3) is 0 Å². The van der Waals surface area contributed by atoms with Gasteiger partial charge in [-0.2, -0.15) is 0 Å². The van der Waals surface area contributed by atoms with E-state index < -0.39 is 23.4 Å². The molecular weight excluding hydrogens is 332 g/mol. The molecule has 0 aromatic rings. The molecule has 0 bridgehead atoms. The highest BCUT2D eigenvalue weighted by molar-refractivity contribution is 7.97. The van der Waals surface area contributed by atoms with Gasteiger partial charge >= 0.3 is 12.2 Å². The molecule has 1 aliphatic heterocycles. The molecule has 8 nitrogen and oxygen atoms in total. The number of nitrogens with two attached hydrogens (primary N) is 1. The average Bonchev–Trinajstić information content (AvgIpc) is 2.30. The van der Waals surface area contributed by atoms with Crippen LogP contribution in [0, 0.1) is 0 Å². The van der Waals surface area contributed by atoms with Gasteiger partial charge in [0.25, 0.3) is 0 Å². The van der Waals surface area contributed by atoms with Gasteiger partial charge in [-0.3, -0.25) is 10.0 Å². The summed E-state index contributed by atoms with van der Waals surface area (Å²) in [5, 5.41) is 5.79. The number of amides is 2. The van der Waals surface area contributed by atoms with Crippen LogP contribution in [0.2, 0.25) is 0 Å². The number of aliphatic imine (C=N–C) groups is 1. The molecule has 0 saturated carbocycles. The zero-order valence-electron chi connectivity index (χ0n) is 15.5. The van der Waals surface area contributed by atoms with Crippen LogP contribution in [0.3, 0.4) is 0 Å². The first-order chi connectivity index (χ1) is 10.8. The van der Waals surface area contributed by atoms with E-state index in [9.17, 15) is 9.59 Å². The molecule has 0 unspecified atom stereocenters. The summed E-state index contributed by atoms with van der Waals surface area (Å²) in [6, 6.07) is 0. The first-order valence-electron chi connectivity index (χ1n) is 7.71. The Morgan fingerprint density at radius 3 is 2.04 bits per heavy atom. The number of carbonyl (C=O) groups excluding carboxylic acids is 2. The summed E-state index contributed by atoms with van der Waals surface area (Å²) in [5.41, 5.74) is -1.31. The highest BCUT2D eigenvalue weighted by Crippen LogP contribution is 2.21. The smallest absolute Gasteiger partial charge is 0.437 e. The minimum atomic E-state index is -0.753. The Labute approximate surface area is 147 Å². The molecule has 0 atom stereocenters. The number of carbonyl (C=O) groups is 2. The summed E-state index contributed by atoms with van der Waals surface area (Å²) >= 11 is 1.24. The predicted octanol–water partition coefficient (Wildman–Crippen LogP) is 2.44. The van der Waals surface area contributed by atoms with Crippen LogP contribution in [-0.2, 0) is 9.47 Å². The van der Waals surface area contributed by atoms with Crippen molar-refractivity contribution in [2.45, 2.75) is 58.0 Å². The van der Waals surface area contributed by atoms with Crippen LogP contribution in [0.4, 0.5) is 9.59 Å². The zero-order chi connectivity index (χ0) is 18.7. The van der Waals surface area contributed by atoms with E-state index in [4.69, 9.17) is 14.6 Å². The van der Waals surface area contributed by atoms with Crippen molar-refractivity contribution in [2.24, 2.45) is 10.1 Å². The first-order valence-corrected chi connectivity index (χ1v) is 8.65. The molecule has 0 aliphatic carbocycles. The molecular formula is C15H28N4O4S. The number of rotatable bonds is 1. The first kappa shape index (κ1) is 20.6. The van der Waals surface area contributed by atoms with Crippen molar-refractivity contribution < 1.29 is 19.1 Å². The fourth-order valence-electron chi connectivity index (χ4n) is 1.82. The highest BCUT2D eigenvalue weighted by atomic mass is 32.2. The van der Waals surface area contributed by atoms with Gasteiger partial charge in [-0.1, -0.05) is 11.9 Å². The number of hydrogen-bond acceptors (Lipinski definition) is 6. The highest BCUT2D eigenvalue weighted by Gasteiger charge is 2.35. The number of nitrogens with zero attached hydrogens (tertiary/aromatic N) is 3. The van der Waals surface area contributed by atoms with E-state index in [2.05, 4.69) is 4.99 Å². The Kier molecular flexibility index (Phi) is 6.52. The van der Waals surface area contributed by atoms with Crippen molar-refractivity contribution in [1.82, 2.24) is 9.80 Å². The minimum absolute atomic E-state index is 0.198. The molecule has 9 heteroatoms. The van der Waals surface area contributed by atoms with Crippen LogP contribution in [0.15, 0.2) is 4.99 Å². The van der Waals surface area contributed by atoms with Crippen molar-refractivity contribution in [3.05, 3.63) is 0 Å². The number of guanidine groups is 1. The summed E-state index contributed by atoms with van der Waals surface area (Å²) in [5.74, 6) is 0.198. The molecule has 138 valence electrons. The summed E-state index contributed by atoms with van der Waals surface area (Å²) < 4.78 is 10.5. The lowest BCUT2D eigenvalue weighted by Gasteiger charge is -2.41. The van der Waals surface area contributed by atoms with Gasteiger partial charge in [-0.05, 0) is 41.5 Å². The maximum atomic E-state index is 12.3. The van der Waals surface area contributed by atoms with E-state index in [0.717, 1.165) is 0 Å². The largest absolute Gasteiger partial charge is 0.443 e. The minimum Gasteiger partial charge on any atom is -0.443 e. The molecule has 1 heterocycles. The number of ether oxygens (including phenoxy) is 2. The topological polar surface area (TPSA) is 97.5 Å². The van der Waals surface area contributed by atoms with Gasteiger partial charge in [0.05, 0.1) is 5.25 Å². The fourth-order valence-corrected chi connectivity index (χ4v) is 2.36. The van der Waals surface area contributed by atoms with Crippen molar-refractivity contribution in [3.63, 3.8) is 0 Å². The lowest BCUT2D eigenvalue weighted by molar-refractivity contribution is 0.0374. The normalized spacial score (nSPS) is 16.5. The molecule has 2 N–H and O–H groups in total. The van der Waals surface area contributed by atoms with Crippen molar-refractivity contribution in [3.8, 4) is 0 Å². The third kappa shape index (κ3) is 6.56. The van der Waals surface area contributed by atoms with E-state index in [1.54, 1.807) is 46.4 Å². The summed E-state index contributed by atoms with van der Waals surface area (Å²) in [4.78, 5) is 31.3. The van der Waals surface area contributed by atoms with E-state index in [1.807, 2.05) is 0 Å². The lowest BCUT2D eigenvalue weighted by atomic mass is 10.2. The van der Waals surface area contributed by atoms with E-state index in [-0.39, 0.29) is 11.2 Å². The third-order valence-electron chi connectivity index (χ3n) is 2.88.